The van der Waals surface area contributed by atoms with Crippen molar-refractivity contribution in [1.29, 1.82) is 0 Å². The first-order valence-electron chi connectivity index (χ1n) is 8.48. The van der Waals surface area contributed by atoms with Gasteiger partial charge >= 0.3 is 5.97 Å². The number of aromatic amines is 2. The first-order valence-corrected chi connectivity index (χ1v) is 8.48. The van der Waals surface area contributed by atoms with Crippen molar-refractivity contribution in [1.82, 2.24) is 19.9 Å². The Labute approximate surface area is 155 Å². The predicted molar refractivity (Wildman–Crippen MR) is 89.4 cm³/mol. The molecule has 28 heavy (non-hydrogen) atoms. The van der Waals surface area contributed by atoms with E-state index < -0.39 is 47.9 Å². The molecule has 2 aliphatic heterocycles. The van der Waals surface area contributed by atoms with Crippen molar-refractivity contribution in [2.45, 2.75) is 43.3 Å². The van der Waals surface area contributed by atoms with E-state index in [1.54, 1.807) is 0 Å². The van der Waals surface area contributed by atoms with Crippen LogP contribution in [0.5, 0.6) is 0 Å². The van der Waals surface area contributed by atoms with Crippen LogP contribution in [0.2, 0.25) is 0 Å². The molecule has 1 unspecified atom stereocenters. The molecule has 2 aliphatic rings. The average Bonchev–Trinajstić information content (AvgIpc) is 3.23. The SMILES string of the molecule is O=C(O)[C@@H]1CCC(=O)N1c1nc2nc(C3OC[C@@H](O)[C@@H](O)[C@@H]3O)[nH]c(=O)c2[nH]1. The van der Waals surface area contributed by atoms with Gasteiger partial charge < -0.3 is 35.1 Å². The molecule has 2 saturated heterocycles. The summed E-state index contributed by atoms with van der Waals surface area (Å²) in [6.45, 7) is -0.279. The van der Waals surface area contributed by atoms with E-state index in [1.807, 2.05) is 0 Å². The molecule has 2 aromatic heterocycles. The number of rotatable bonds is 3. The lowest BCUT2D eigenvalue weighted by atomic mass is 9.99. The number of carbonyl (C=O) groups is 2. The Morgan fingerprint density at radius 2 is 1.89 bits per heavy atom. The molecule has 1 amide bonds. The number of nitrogens with one attached hydrogen (secondary N) is 2. The smallest absolute Gasteiger partial charge is 0.326 e. The van der Waals surface area contributed by atoms with Crippen molar-refractivity contribution in [3.8, 4) is 0 Å². The monoisotopic (exact) mass is 395 g/mol. The second-order valence-corrected chi connectivity index (χ2v) is 6.67. The molecule has 2 fully saturated rings. The standard InChI is InChI=1S/C15H17N5O8/c21-5-3-28-10(9(24)8(5)23)12-17-11-7(13(25)18-12)16-15(19-11)20-4(14(26)27)1-2-6(20)22/h4-5,8-10,21,23-24H,1-3H2,(H,26,27)(H2,16,17,18,19,25)/t4-,5+,8+,9-,10?/m0/s1. The number of carboxylic acid groups (broad SMARTS) is 1. The number of carboxylic acids is 1. The molecule has 5 atom stereocenters. The summed E-state index contributed by atoms with van der Waals surface area (Å²) in [5.74, 6) is -1.90. The highest BCUT2D eigenvalue weighted by atomic mass is 16.5. The van der Waals surface area contributed by atoms with Gasteiger partial charge in [0, 0.05) is 6.42 Å². The highest BCUT2D eigenvalue weighted by Crippen LogP contribution is 2.28. The van der Waals surface area contributed by atoms with Gasteiger partial charge in [0.1, 0.15) is 36.3 Å². The van der Waals surface area contributed by atoms with Crippen LogP contribution in [0.15, 0.2) is 4.79 Å². The van der Waals surface area contributed by atoms with E-state index in [-0.39, 0.29) is 42.4 Å². The third-order valence-corrected chi connectivity index (χ3v) is 4.86. The minimum atomic E-state index is -1.54. The van der Waals surface area contributed by atoms with E-state index in [1.165, 1.54) is 0 Å². The quantitative estimate of drug-likeness (QED) is 0.319. The molecule has 0 aromatic carbocycles. The third kappa shape index (κ3) is 2.84. The molecule has 150 valence electrons. The number of hydrogen-bond acceptors (Lipinski definition) is 9. The van der Waals surface area contributed by atoms with Gasteiger partial charge in [-0.05, 0) is 6.42 Å². The first kappa shape index (κ1) is 18.5. The second kappa shape index (κ2) is 6.63. The lowest BCUT2D eigenvalue weighted by molar-refractivity contribution is -0.191. The summed E-state index contributed by atoms with van der Waals surface area (Å²) >= 11 is 0. The average molecular weight is 395 g/mol. The Balaban J connectivity index is 1.73. The van der Waals surface area contributed by atoms with Crippen molar-refractivity contribution in [2.24, 2.45) is 0 Å². The highest BCUT2D eigenvalue weighted by molar-refractivity contribution is 6.01. The van der Waals surface area contributed by atoms with Crippen molar-refractivity contribution in [3.05, 3.63) is 16.2 Å². The van der Waals surface area contributed by atoms with Gasteiger partial charge in [-0.1, -0.05) is 0 Å². The summed E-state index contributed by atoms with van der Waals surface area (Å²) in [6, 6.07) is -1.10. The fourth-order valence-corrected chi connectivity index (χ4v) is 3.39. The van der Waals surface area contributed by atoms with Crippen LogP contribution >= 0.6 is 0 Å². The molecule has 0 radical (unpaired) electrons. The number of H-pyrrole nitrogens is 2. The molecule has 0 spiro atoms. The van der Waals surface area contributed by atoms with Crippen LogP contribution in [0, 0.1) is 0 Å². The van der Waals surface area contributed by atoms with Gasteiger partial charge in [0.2, 0.25) is 11.9 Å². The summed E-state index contributed by atoms with van der Waals surface area (Å²) in [4.78, 5) is 49.9. The summed E-state index contributed by atoms with van der Waals surface area (Å²) in [5.41, 5.74) is -0.892. The summed E-state index contributed by atoms with van der Waals surface area (Å²) < 4.78 is 5.26. The van der Waals surface area contributed by atoms with Crippen LogP contribution in [0.4, 0.5) is 5.95 Å². The number of fused-ring (bicyclic) bond motifs is 1. The van der Waals surface area contributed by atoms with Crippen LogP contribution in [-0.2, 0) is 14.3 Å². The van der Waals surface area contributed by atoms with Crippen LogP contribution < -0.4 is 10.5 Å². The zero-order valence-electron chi connectivity index (χ0n) is 14.3. The Morgan fingerprint density at radius 3 is 2.61 bits per heavy atom. The van der Waals surface area contributed by atoms with Crippen molar-refractivity contribution in [3.63, 3.8) is 0 Å². The topological polar surface area (TPSA) is 202 Å². The van der Waals surface area contributed by atoms with Crippen LogP contribution in [0.25, 0.3) is 11.2 Å². The van der Waals surface area contributed by atoms with Gasteiger partial charge in [0.15, 0.2) is 11.2 Å². The van der Waals surface area contributed by atoms with Gasteiger partial charge in [-0.3, -0.25) is 14.5 Å². The second-order valence-electron chi connectivity index (χ2n) is 6.67. The minimum absolute atomic E-state index is 0.0331. The lowest BCUT2D eigenvalue weighted by Crippen LogP contribution is -2.49. The molecular formula is C15H17N5O8. The molecule has 0 bridgehead atoms. The van der Waals surface area contributed by atoms with Crippen LogP contribution in [0.1, 0.15) is 24.8 Å². The fraction of sp³-hybridized carbons (Fsp3) is 0.533. The normalized spacial score (nSPS) is 30.9. The predicted octanol–water partition coefficient (Wildman–Crippen LogP) is -2.62. The number of aliphatic carboxylic acids is 1. The molecule has 0 saturated carbocycles. The fourth-order valence-electron chi connectivity index (χ4n) is 3.39. The number of aliphatic hydroxyl groups is 3. The van der Waals surface area contributed by atoms with Gasteiger partial charge in [-0.15, -0.1) is 0 Å². The van der Waals surface area contributed by atoms with Crippen LogP contribution in [-0.4, -0.2) is 83.2 Å². The molecule has 0 aliphatic carbocycles. The van der Waals surface area contributed by atoms with E-state index >= 15 is 0 Å². The maximum Gasteiger partial charge on any atom is 0.326 e. The molecule has 6 N–H and O–H groups in total. The van der Waals surface area contributed by atoms with Crippen molar-refractivity contribution < 1.29 is 34.8 Å². The van der Waals surface area contributed by atoms with Gasteiger partial charge in [-0.2, -0.15) is 4.98 Å². The first-order chi connectivity index (χ1) is 13.3. The van der Waals surface area contributed by atoms with E-state index in [0.717, 1.165) is 4.90 Å². The Hall–Kier alpha value is -2.87. The number of ether oxygens (including phenoxy) is 1. The number of nitrogens with zero attached hydrogens (tertiary/aromatic N) is 3. The maximum atomic E-state index is 12.4. The lowest BCUT2D eigenvalue weighted by Gasteiger charge is -2.34. The maximum absolute atomic E-state index is 12.4. The summed E-state index contributed by atoms with van der Waals surface area (Å²) in [7, 11) is 0. The Morgan fingerprint density at radius 1 is 1.14 bits per heavy atom. The molecular weight excluding hydrogens is 378 g/mol. The van der Waals surface area contributed by atoms with Gasteiger partial charge in [0.05, 0.1) is 6.61 Å². The largest absolute Gasteiger partial charge is 0.480 e. The number of imidazole rings is 1. The number of aromatic nitrogens is 4. The van der Waals surface area contributed by atoms with Crippen molar-refractivity contribution in [2.75, 3.05) is 11.5 Å². The van der Waals surface area contributed by atoms with E-state index in [2.05, 4.69) is 19.9 Å². The number of anilines is 1. The zero-order valence-corrected chi connectivity index (χ0v) is 14.3. The summed E-state index contributed by atoms with van der Waals surface area (Å²) in [5, 5.41) is 38.7. The number of carbonyl (C=O) groups excluding carboxylic acids is 1. The van der Waals surface area contributed by atoms with Gasteiger partial charge in [-0.25, -0.2) is 9.78 Å². The number of amides is 1. The molecule has 4 rings (SSSR count). The molecule has 4 heterocycles. The highest BCUT2D eigenvalue weighted by Gasteiger charge is 2.41. The van der Waals surface area contributed by atoms with E-state index in [9.17, 15) is 34.8 Å². The third-order valence-electron chi connectivity index (χ3n) is 4.86. The Bertz CT molecular complexity index is 1000. The minimum Gasteiger partial charge on any atom is -0.480 e. The number of hydrogen-bond donors (Lipinski definition) is 6. The molecule has 13 heteroatoms. The van der Waals surface area contributed by atoms with Crippen LogP contribution in [0.3, 0.4) is 0 Å². The number of aliphatic hydroxyl groups excluding tert-OH is 3. The molecule has 13 nitrogen and oxygen atoms in total. The Kier molecular flexibility index (Phi) is 4.38. The van der Waals surface area contributed by atoms with E-state index in [0.29, 0.717) is 0 Å². The van der Waals surface area contributed by atoms with E-state index in [4.69, 9.17) is 4.74 Å². The summed E-state index contributed by atoms with van der Waals surface area (Å²) in [6.07, 6.45) is -5.38. The van der Waals surface area contributed by atoms with Gasteiger partial charge in [0.25, 0.3) is 5.56 Å². The van der Waals surface area contributed by atoms with Crippen molar-refractivity contribution >= 4 is 29.0 Å². The zero-order chi connectivity index (χ0) is 20.2. The molecule has 2 aromatic rings.